The van der Waals surface area contributed by atoms with Crippen molar-refractivity contribution in [3.8, 4) is 5.75 Å². The SMILES string of the molecule is CN(CC(C)(C)O)C(=O)COc1ccccc1[N+](=O)[O-]. The Morgan fingerprint density at radius 1 is 1.45 bits per heavy atom. The summed E-state index contributed by atoms with van der Waals surface area (Å²) in [4.78, 5) is 23.3. The first-order valence-corrected chi connectivity index (χ1v) is 6.03. The van der Waals surface area contributed by atoms with Gasteiger partial charge in [0, 0.05) is 19.7 Å². The molecule has 0 radical (unpaired) electrons. The van der Waals surface area contributed by atoms with E-state index in [1.165, 1.54) is 30.1 Å². The van der Waals surface area contributed by atoms with Gasteiger partial charge in [0.25, 0.3) is 5.91 Å². The van der Waals surface area contributed by atoms with Gasteiger partial charge in [0.05, 0.1) is 10.5 Å². The van der Waals surface area contributed by atoms with Gasteiger partial charge in [0.15, 0.2) is 12.4 Å². The van der Waals surface area contributed by atoms with Crippen LogP contribution in [0.5, 0.6) is 5.75 Å². The summed E-state index contributed by atoms with van der Waals surface area (Å²) >= 11 is 0. The van der Waals surface area contributed by atoms with E-state index in [0.717, 1.165) is 0 Å². The summed E-state index contributed by atoms with van der Waals surface area (Å²) in [5.41, 5.74) is -1.20. The van der Waals surface area contributed by atoms with E-state index in [4.69, 9.17) is 4.74 Å². The fraction of sp³-hybridized carbons (Fsp3) is 0.462. The number of para-hydroxylation sites is 2. The molecule has 7 nitrogen and oxygen atoms in total. The van der Waals surface area contributed by atoms with Crippen molar-refractivity contribution in [2.24, 2.45) is 0 Å². The van der Waals surface area contributed by atoms with Crippen molar-refractivity contribution in [3.63, 3.8) is 0 Å². The summed E-state index contributed by atoms with van der Waals surface area (Å²) < 4.78 is 5.18. The topological polar surface area (TPSA) is 92.9 Å². The van der Waals surface area contributed by atoms with Gasteiger partial charge >= 0.3 is 5.69 Å². The third kappa shape index (κ3) is 4.85. The molecule has 1 rings (SSSR count). The fourth-order valence-electron chi connectivity index (χ4n) is 1.65. The highest BCUT2D eigenvalue weighted by atomic mass is 16.6. The molecule has 0 saturated heterocycles. The van der Waals surface area contributed by atoms with Crippen LogP contribution in [0.2, 0.25) is 0 Å². The van der Waals surface area contributed by atoms with E-state index in [1.54, 1.807) is 19.9 Å². The number of carbonyl (C=O) groups excluding carboxylic acids is 1. The molecule has 1 amide bonds. The van der Waals surface area contributed by atoms with Crippen LogP contribution >= 0.6 is 0 Å². The van der Waals surface area contributed by atoms with E-state index in [1.807, 2.05) is 0 Å². The molecule has 0 unspecified atom stereocenters. The van der Waals surface area contributed by atoms with Gasteiger partial charge in [-0.3, -0.25) is 14.9 Å². The highest BCUT2D eigenvalue weighted by Crippen LogP contribution is 2.25. The number of benzene rings is 1. The maximum absolute atomic E-state index is 11.8. The predicted octanol–water partition coefficient (Wildman–Crippen LogP) is 1.20. The standard InChI is InChI=1S/C13H18N2O5/c1-13(2,17)9-14(3)12(16)8-20-11-7-5-4-6-10(11)15(18)19/h4-7,17H,8-9H2,1-3H3. The smallest absolute Gasteiger partial charge is 0.310 e. The Morgan fingerprint density at radius 3 is 2.60 bits per heavy atom. The number of hydrogen-bond acceptors (Lipinski definition) is 5. The van der Waals surface area contributed by atoms with Crippen LogP contribution in [-0.4, -0.2) is 46.6 Å². The number of likely N-dealkylation sites (N-methyl/N-ethyl adjacent to an activating group) is 1. The van der Waals surface area contributed by atoms with E-state index in [2.05, 4.69) is 0 Å². The molecule has 7 heteroatoms. The molecule has 0 aliphatic carbocycles. The molecule has 0 fully saturated rings. The molecule has 0 atom stereocenters. The Morgan fingerprint density at radius 2 is 2.05 bits per heavy atom. The van der Waals surface area contributed by atoms with Crippen LogP contribution in [-0.2, 0) is 4.79 Å². The second kappa shape index (κ2) is 6.33. The summed E-state index contributed by atoms with van der Waals surface area (Å²) in [5.74, 6) is -0.326. The van der Waals surface area contributed by atoms with E-state index >= 15 is 0 Å². The lowest BCUT2D eigenvalue weighted by Crippen LogP contribution is -2.41. The van der Waals surface area contributed by atoms with Crippen LogP contribution in [0, 0.1) is 10.1 Å². The van der Waals surface area contributed by atoms with Crippen LogP contribution in [0.3, 0.4) is 0 Å². The molecule has 0 heterocycles. The van der Waals surface area contributed by atoms with Gasteiger partial charge in [0.2, 0.25) is 0 Å². The van der Waals surface area contributed by atoms with Crippen LogP contribution in [0.15, 0.2) is 24.3 Å². The summed E-state index contributed by atoms with van der Waals surface area (Å²) in [5, 5.41) is 20.4. The van der Waals surface area contributed by atoms with Crippen molar-refractivity contribution in [2.75, 3.05) is 20.2 Å². The van der Waals surface area contributed by atoms with Gasteiger partial charge in [0.1, 0.15) is 0 Å². The maximum Gasteiger partial charge on any atom is 0.310 e. The van der Waals surface area contributed by atoms with E-state index in [0.29, 0.717) is 0 Å². The number of hydrogen-bond donors (Lipinski definition) is 1. The highest BCUT2D eigenvalue weighted by Gasteiger charge is 2.21. The average molecular weight is 282 g/mol. The molecule has 0 aliphatic heterocycles. The van der Waals surface area contributed by atoms with Gasteiger partial charge in [-0.15, -0.1) is 0 Å². The summed E-state index contributed by atoms with van der Waals surface area (Å²) in [6, 6.07) is 5.85. The van der Waals surface area contributed by atoms with Crippen LogP contribution in [0.25, 0.3) is 0 Å². The highest BCUT2D eigenvalue weighted by molar-refractivity contribution is 5.77. The number of aliphatic hydroxyl groups is 1. The first-order valence-electron chi connectivity index (χ1n) is 6.03. The zero-order chi connectivity index (χ0) is 15.3. The van der Waals surface area contributed by atoms with E-state index < -0.39 is 10.5 Å². The molecule has 110 valence electrons. The number of amides is 1. The van der Waals surface area contributed by atoms with Crippen LogP contribution < -0.4 is 4.74 Å². The largest absolute Gasteiger partial charge is 0.477 e. The second-order valence-electron chi connectivity index (χ2n) is 5.08. The van der Waals surface area contributed by atoms with Crippen LogP contribution in [0.4, 0.5) is 5.69 Å². The van der Waals surface area contributed by atoms with Gasteiger partial charge in [-0.1, -0.05) is 12.1 Å². The number of ether oxygens (including phenoxy) is 1. The normalized spacial score (nSPS) is 11.0. The number of carbonyl (C=O) groups is 1. The van der Waals surface area contributed by atoms with Gasteiger partial charge < -0.3 is 14.7 Å². The van der Waals surface area contributed by atoms with Gasteiger partial charge in [-0.05, 0) is 19.9 Å². The van der Waals surface area contributed by atoms with Crippen molar-refractivity contribution < 1.29 is 19.6 Å². The predicted molar refractivity (Wildman–Crippen MR) is 72.5 cm³/mol. The molecule has 0 bridgehead atoms. The number of rotatable bonds is 6. The molecule has 1 N–H and O–H groups in total. The zero-order valence-corrected chi connectivity index (χ0v) is 11.7. The quantitative estimate of drug-likeness (QED) is 0.625. The third-order valence-electron chi connectivity index (χ3n) is 2.46. The fourth-order valence-corrected chi connectivity index (χ4v) is 1.65. The van der Waals surface area contributed by atoms with Gasteiger partial charge in [-0.2, -0.15) is 0 Å². The molecule has 1 aromatic rings. The molecule has 20 heavy (non-hydrogen) atoms. The second-order valence-corrected chi connectivity index (χ2v) is 5.08. The monoisotopic (exact) mass is 282 g/mol. The summed E-state index contributed by atoms with van der Waals surface area (Å²) in [6.07, 6.45) is 0. The lowest BCUT2D eigenvalue weighted by atomic mass is 10.1. The minimum absolute atomic E-state index is 0.0440. The third-order valence-corrected chi connectivity index (χ3v) is 2.46. The molecule has 0 aromatic heterocycles. The molecule has 0 saturated carbocycles. The average Bonchev–Trinajstić information content (AvgIpc) is 2.34. The molecular formula is C13H18N2O5. The zero-order valence-electron chi connectivity index (χ0n) is 11.7. The first-order chi connectivity index (χ1) is 9.20. The van der Waals surface area contributed by atoms with E-state index in [-0.39, 0.29) is 30.5 Å². The van der Waals surface area contributed by atoms with Crippen molar-refractivity contribution in [3.05, 3.63) is 34.4 Å². The summed E-state index contributed by atoms with van der Waals surface area (Å²) in [6.45, 7) is 2.99. The number of nitro groups is 1. The van der Waals surface area contributed by atoms with Crippen molar-refractivity contribution in [1.29, 1.82) is 0 Å². The molecular weight excluding hydrogens is 264 g/mol. The Labute approximate surface area is 116 Å². The van der Waals surface area contributed by atoms with Crippen molar-refractivity contribution in [1.82, 2.24) is 4.90 Å². The molecule has 0 spiro atoms. The van der Waals surface area contributed by atoms with Crippen molar-refractivity contribution in [2.45, 2.75) is 19.4 Å². The lowest BCUT2D eigenvalue weighted by molar-refractivity contribution is -0.385. The number of nitro benzene ring substituents is 1. The minimum atomic E-state index is -1.01. The minimum Gasteiger partial charge on any atom is -0.477 e. The Bertz CT molecular complexity index is 496. The Kier molecular flexibility index (Phi) is 5.04. The van der Waals surface area contributed by atoms with E-state index in [9.17, 15) is 20.0 Å². The molecule has 0 aliphatic rings. The summed E-state index contributed by atoms with van der Waals surface area (Å²) in [7, 11) is 1.53. The Balaban J connectivity index is 2.64. The van der Waals surface area contributed by atoms with Gasteiger partial charge in [-0.25, -0.2) is 0 Å². The lowest BCUT2D eigenvalue weighted by Gasteiger charge is -2.25. The molecule has 1 aromatic carbocycles. The van der Waals surface area contributed by atoms with Crippen LogP contribution in [0.1, 0.15) is 13.8 Å². The maximum atomic E-state index is 11.8. The van der Waals surface area contributed by atoms with Crippen molar-refractivity contribution >= 4 is 11.6 Å². The first kappa shape index (κ1) is 15.9. The number of nitrogens with zero attached hydrogens (tertiary/aromatic N) is 2. The Hall–Kier alpha value is -2.15.